The van der Waals surface area contributed by atoms with Crippen LogP contribution in [0, 0.1) is 6.92 Å². The highest BCUT2D eigenvalue weighted by molar-refractivity contribution is 7.09. The SMILES string of the molecule is CNc1ncccc1C(=O)NC1CCc2nnc(-c3csc(C)n3)n2CC1. The Morgan fingerprint density at radius 2 is 2.22 bits per heavy atom. The zero-order valence-electron chi connectivity index (χ0n) is 15.3. The second kappa shape index (κ2) is 7.43. The number of nitrogens with one attached hydrogen (secondary N) is 2. The molecule has 0 fully saturated rings. The zero-order valence-corrected chi connectivity index (χ0v) is 16.1. The van der Waals surface area contributed by atoms with Gasteiger partial charge < -0.3 is 15.2 Å². The molecule has 0 spiro atoms. The van der Waals surface area contributed by atoms with Gasteiger partial charge in [-0.05, 0) is 31.9 Å². The van der Waals surface area contributed by atoms with E-state index >= 15 is 0 Å². The van der Waals surface area contributed by atoms with Gasteiger partial charge in [-0.3, -0.25) is 4.79 Å². The lowest BCUT2D eigenvalue weighted by Gasteiger charge is -2.17. The Labute approximate surface area is 161 Å². The Hall–Kier alpha value is -2.81. The van der Waals surface area contributed by atoms with Crippen LogP contribution in [-0.2, 0) is 13.0 Å². The maximum atomic E-state index is 12.7. The van der Waals surface area contributed by atoms with Crippen molar-refractivity contribution in [2.24, 2.45) is 0 Å². The van der Waals surface area contributed by atoms with Crippen LogP contribution in [-0.4, -0.2) is 43.7 Å². The van der Waals surface area contributed by atoms with E-state index in [0.717, 1.165) is 48.2 Å². The molecule has 1 aliphatic rings. The van der Waals surface area contributed by atoms with E-state index in [9.17, 15) is 4.79 Å². The molecule has 0 saturated heterocycles. The van der Waals surface area contributed by atoms with E-state index < -0.39 is 0 Å². The Bertz CT molecular complexity index is 964. The Kier molecular flexibility index (Phi) is 4.85. The van der Waals surface area contributed by atoms with Crippen LogP contribution in [0.5, 0.6) is 0 Å². The maximum Gasteiger partial charge on any atom is 0.255 e. The summed E-state index contributed by atoms with van der Waals surface area (Å²) in [6.45, 7) is 2.74. The molecule has 0 bridgehead atoms. The largest absolute Gasteiger partial charge is 0.372 e. The van der Waals surface area contributed by atoms with Gasteiger partial charge in [0.05, 0.1) is 10.6 Å². The van der Waals surface area contributed by atoms with Crippen LogP contribution in [0.4, 0.5) is 5.82 Å². The molecule has 1 unspecified atom stereocenters. The lowest BCUT2D eigenvalue weighted by molar-refractivity contribution is 0.0933. The summed E-state index contributed by atoms with van der Waals surface area (Å²) < 4.78 is 2.13. The number of anilines is 1. The average molecular weight is 383 g/mol. The fourth-order valence-electron chi connectivity index (χ4n) is 3.34. The van der Waals surface area contributed by atoms with Crippen molar-refractivity contribution in [3.63, 3.8) is 0 Å². The second-order valence-corrected chi connectivity index (χ2v) is 7.55. The third-order valence-electron chi connectivity index (χ3n) is 4.72. The first-order valence-corrected chi connectivity index (χ1v) is 9.82. The molecule has 3 aromatic rings. The van der Waals surface area contributed by atoms with Crippen molar-refractivity contribution >= 4 is 23.1 Å². The van der Waals surface area contributed by atoms with E-state index in [4.69, 9.17) is 0 Å². The van der Waals surface area contributed by atoms with Crippen LogP contribution >= 0.6 is 11.3 Å². The number of rotatable bonds is 4. The monoisotopic (exact) mass is 383 g/mol. The predicted molar refractivity (Wildman–Crippen MR) is 104 cm³/mol. The van der Waals surface area contributed by atoms with Crippen LogP contribution in [0.3, 0.4) is 0 Å². The van der Waals surface area contributed by atoms with Crippen LogP contribution in [0.15, 0.2) is 23.7 Å². The van der Waals surface area contributed by atoms with Crippen molar-refractivity contribution in [3.8, 4) is 11.5 Å². The molecular weight excluding hydrogens is 362 g/mol. The average Bonchev–Trinajstić information content (AvgIpc) is 3.24. The number of aryl methyl sites for hydroxylation is 2. The lowest BCUT2D eigenvalue weighted by atomic mass is 10.1. The molecule has 1 amide bonds. The fraction of sp³-hybridized carbons (Fsp3) is 0.389. The van der Waals surface area contributed by atoms with Gasteiger partial charge >= 0.3 is 0 Å². The summed E-state index contributed by atoms with van der Waals surface area (Å²) in [6, 6.07) is 3.63. The minimum Gasteiger partial charge on any atom is -0.372 e. The van der Waals surface area contributed by atoms with Gasteiger partial charge in [-0.1, -0.05) is 0 Å². The zero-order chi connectivity index (χ0) is 18.8. The molecule has 0 aliphatic carbocycles. The summed E-state index contributed by atoms with van der Waals surface area (Å²) in [5, 5.41) is 17.8. The van der Waals surface area contributed by atoms with Gasteiger partial charge in [-0.2, -0.15) is 0 Å². The molecule has 27 heavy (non-hydrogen) atoms. The van der Waals surface area contributed by atoms with Gasteiger partial charge in [-0.25, -0.2) is 9.97 Å². The Balaban J connectivity index is 1.48. The number of thiazole rings is 1. The molecule has 8 nitrogen and oxygen atoms in total. The van der Waals surface area contributed by atoms with E-state index in [1.165, 1.54) is 0 Å². The predicted octanol–water partition coefficient (Wildman–Crippen LogP) is 2.28. The van der Waals surface area contributed by atoms with E-state index in [0.29, 0.717) is 11.4 Å². The number of carbonyl (C=O) groups is 1. The number of hydrogen-bond acceptors (Lipinski definition) is 7. The fourth-order valence-corrected chi connectivity index (χ4v) is 3.93. The van der Waals surface area contributed by atoms with Gasteiger partial charge in [0.1, 0.15) is 17.3 Å². The van der Waals surface area contributed by atoms with Crippen molar-refractivity contribution < 1.29 is 4.79 Å². The summed E-state index contributed by atoms with van der Waals surface area (Å²) in [5.41, 5.74) is 1.43. The van der Waals surface area contributed by atoms with Crippen LogP contribution in [0.25, 0.3) is 11.5 Å². The lowest BCUT2D eigenvalue weighted by Crippen LogP contribution is -2.35. The summed E-state index contributed by atoms with van der Waals surface area (Å²) >= 11 is 1.61. The number of pyridine rings is 1. The second-order valence-electron chi connectivity index (χ2n) is 6.49. The Morgan fingerprint density at radius 3 is 3.00 bits per heavy atom. The molecule has 9 heteroatoms. The van der Waals surface area contributed by atoms with Crippen LogP contribution in [0.1, 0.15) is 34.0 Å². The summed E-state index contributed by atoms with van der Waals surface area (Å²) in [4.78, 5) is 21.4. The number of hydrogen-bond donors (Lipinski definition) is 2. The van der Waals surface area contributed by atoms with Gasteiger partial charge in [-0.15, -0.1) is 21.5 Å². The summed E-state index contributed by atoms with van der Waals surface area (Å²) in [6.07, 6.45) is 4.09. The number of aromatic nitrogens is 5. The summed E-state index contributed by atoms with van der Waals surface area (Å²) in [5.74, 6) is 2.24. The molecule has 0 radical (unpaired) electrons. The number of nitrogens with zero attached hydrogens (tertiary/aromatic N) is 5. The van der Waals surface area contributed by atoms with Gasteiger partial charge in [0.2, 0.25) is 0 Å². The van der Waals surface area contributed by atoms with Crippen molar-refractivity contribution in [2.75, 3.05) is 12.4 Å². The quantitative estimate of drug-likeness (QED) is 0.717. The molecule has 3 aromatic heterocycles. The minimum atomic E-state index is -0.106. The van der Waals surface area contributed by atoms with Crippen LogP contribution < -0.4 is 10.6 Å². The first-order chi connectivity index (χ1) is 13.2. The van der Waals surface area contributed by atoms with Gasteiger partial charge in [0.25, 0.3) is 5.91 Å². The van der Waals surface area contributed by atoms with Crippen molar-refractivity contribution in [3.05, 3.63) is 40.1 Å². The normalized spacial score (nSPS) is 16.4. The highest BCUT2D eigenvalue weighted by Crippen LogP contribution is 2.24. The topological polar surface area (TPSA) is 97.6 Å². The molecule has 140 valence electrons. The Morgan fingerprint density at radius 1 is 1.33 bits per heavy atom. The third-order valence-corrected chi connectivity index (χ3v) is 5.49. The van der Waals surface area contributed by atoms with Crippen molar-refractivity contribution in [2.45, 2.75) is 38.8 Å². The van der Waals surface area contributed by atoms with Crippen molar-refractivity contribution in [1.82, 2.24) is 30.0 Å². The first kappa shape index (κ1) is 17.6. The smallest absolute Gasteiger partial charge is 0.255 e. The van der Waals surface area contributed by atoms with Crippen molar-refractivity contribution in [1.29, 1.82) is 0 Å². The molecule has 0 saturated carbocycles. The van der Waals surface area contributed by atoms with E-state index in [-0.39, 0.29) is 11.9 Å². The summed E-state index contributed by atoms with van der Waals surface area (Å²) in [7, 11) is 1.76. The van der Waals surface area contributed by atoms with Gasteiger partial charge in [0.15, 0.2) is 5.82 Å². The van der Waals surface area contributed by atoms with E-state index in [2.05, 4.69) is 35.4 Å². The highest BCUT2D eigenvalue weighted by Gasteiger charge is 2.24. The first-order valence-electron chi connectivity index (χ1n) is 8.94. The van der Waals surface area contributed by atoms with Crippen LogP contribution in [0.2, 0.25) is 0 Å². The molecule has 2 N–H and O–H groups in total. The number of carbonyl (C=O) groups excluding carboxylic acids is 1. The molecule has 1 aliphatic heterocycles. The minimum absolute atomic E-state index is 0.0779. The third kappa shape index (κ3) is 3.55. The molecule has 4 rings (SSSR count). The van der Waals surface area contributed by atoms with E-state index in [1.807, 2.05) is 12.3 Å². The highest BCUT2D eigenvalue weighted by atomic mass is 32.1. The molecule has 1 atom stereocenters. The number of fused-ring (bicyclic) bond motifs is 1. The van der Waals surface area contributed by atoms with E-state index in [1.54, 1.807) is 36.7 Å². The standard InChI is InChI=1S/C18H21N7OS/c1-11-21-14(10-27-11)17-24-23-15-6-5-12(7-9-25(15)17)22-18(26)13-4-3-8-20-16(13)19-2/h3-4,8,10,12H,5-7,9H2,1-2H3,(H,19,20)(H,22,26). The van der Waals surface area contributed by atoms with Gasteiger partial charge in [0, 0.05) is 37.6 Å². The number of amides is 1. The molecule has 0 aromatic carbocycles. The maximum absolute atomic E-state index is 12.7. The molecular formula is C18H21N7OS. The molecule has 4 heterocycles.